The number of aliphatic hydroxyl groups excluding tert-OH is 1. The lowest BCUT2D eigenvalue weighted by Gasteiger charge is -2.31. The molecule has 0 spiro atoms. The van der Waals surface area contributed by atoms with Crippen molar-refractivity contribution in [1.29, 1.82) is 0 Å². The quantitative estimate of drug-likeness (QED) is 0.0399. The maximum absolute atomic E-state index is 13.9. The summed E-state index contributed by atoms with van der Waals surface area (Å²) in [5, 5.41) is 40.0. The fourth-order valence-electron chi connectivity index (χ4n) is 7.63. The lowest BCUT2D eigenvalue weighted by Crippen LogP contribution is -2.60. The molecule has 71 heavy (non-hydrogen) atoms. The van der Waals surface area contributed by atoms with Crippen molar-refractivity contribution < 1.29 is 58.2 Å². The summed E-state index contributed by atoms with van der Waals surface area (Å²) < 4.78 is 0. The molecular weight excluding hydrogens is 961 g/mol. The van der Waals surface area contributed by atoms with Gasteiger partial charge >= 0.3 is 5.97 Å². The zero-order valence-electron chi connectivity index (χ0n) is 43.5. The standard InChI is InChI=1S/C47H84N10O12S2/c1-12-27(7)37(56-43(64)35-15-14-18-57(35)46(67)34(22-26(5)6)54-40(61)30(48)24-58)44(65)49-23-36(59)51-33(21-25(3)4)42(63)52-31(16-19-70-10)41(62)55-38(28(8)13-2)45(66)50-29(9)39(60)53-32(47(68)69)17-20-71-11/h25-35,37-38,58H,12-24,48H2,1-11H3,(H,49,65)(H,50,66)(H,51,59)(H,52,63)(H,53,60)(H,54,61)(H,55,62)(H,56,64)(H,68,69)/t27-,28-,29-,30-,31-,32-,33-,34-,35-,37-,38-/m0/s1. The number of carbonyl (C=O) groups is 10. The van der Waals surface area contributed by atoms with Gasteiger partial charge in [-0.15, -0.1) is 0 Å². The molecule has 0 aromatic heterocycles. The second kappa shape index (κ2) is 33.1. The van der Waals surface area contributed by atoms with E-state index in [1.54, 1.807) is 13.8 Å². The van der Waals surface area contributed by atoms with Gasteiger partial charge in [0, 0.05) is 6.54 Å². The Labute approximate surface area is 427 Å². The fraction of sp³-hybridized carbons (Fsp3) is 0.787. The van der Waals surface area contributed by atoms with Crippen molar-refractivity contribution in [1.82, 2.24) is 47.4 Å². The molecule has 0 aliphatic carbocycles. The minimum atomic E-state index is -1.24. The summed E-state index contributed by atoms with van der Waals surface area (Å²) >= 11 is 2.84. The van der Waals surface area contributed by atoms with Gasteiger partial charge in [-0.1, -0.05) is 68.2 Å². The highest BCUT2D eigenvalue weighted by Gasteiger charge is 2.40. The highest BCUT2D eigenvalue weighted by molar-refractivity contribution is 7.98. The number of amides is 9. The van der Waals surface area contributed by atoms with Crippen molar-refractivity contribution >= 4 is 82.7 Å². The Balaban J connectivity index is 3.17. The van der Waals surface area contributed by atoms with Gasteiger partial charge in [0.25, 0.3) is 0 Å². The largest absolute Gasteiger partial charge is 0.480 e. The number of carbonyl (C=O) groups excluding carboxylic acids is 9. The van der Waals surface area contributed by atoms with Crippen LogP contribution in [-0.4, -0.2) is 172 Å². The molecule has 1 heterocycles. The van der Waals surface area contributed by atoms with Crippen molar-refractivity contribution in [2.45, 2.75) is 168 Å². The maximum atomic E-state index is 13.9. The average molecular weight is 1050 g/mol. The Morgan fingerprint density at radius 2 is 1.13 bits per heavy atom. The van der Waals surface area contributed by atoms with Gasteiger partial charge in [0.1, 0.15) is 54.4 Å². The van der Waals surface area contributed by atoms with E-state index in [4.69, 9.17) is 5.73 Å². The number of nitrogens with one attached hydrogen (secondary N) is 8. The van der Waals surface area contributed by atoms with Gasteiger partial charge in [0.05, 0.1) is 13.2 Å². The van der Waals surface area contributed by atoms with Crippen molar-refractivity contribution in [3.63, 3.8) is 0 Å². The summed E-state index contributed by atoms with van der Waals surface area (Å²) in [6.07, 6.45) is 6.06. The smallest absolute Gasteiger partial charge is 0.326 e. The Hall–Kier alpha value is -4.68. The number of thioether (sulfide) groups is 2. The number of hydrogen-bond donors (Lipinski definition) is 11. The number of carboxylic acids is 1. The SMILES string of the molecule is CC[C@H](C)[C@H](NC(=O)[C@H](CCSC)NC(=O)[C@H](CC(C)C)NC(=O)CNC(=O)[C@@H](NC(=O)[C@@H]1CCCN1C(=O)[C@H](CC(C)C)NC(=O)[C@@H](N)CO)[C@@H](C)CC)C(=O)N[C@@H](C)C(=O)N[C@@H](CCSC)C(=O)O. The Bertz CT molecular complexity index is 1790. The van der Waals surface area contributed by atoms with E-state index in [1.807, 2.05) is 54.1 Å². The van der Waals surface area contributed by atoms with Crippen LogP contribution >= 0.6 is 23.5 Å². The molecule has 0 saturated carbocycles. The van der Waals surface area contributed by atoms with Gasteiger partial charge < -0.3 is 63.4 Å². The van der Waals surface area contributed by atoms with Crippen molar-refractivity contribution in [3.05, 3.63) is 0 Å². The molecule has 1 rings (SSSR count). The molecule has 0 aromatic carbocycles. The zero-order chi connectivity index (χ0) is 54.1. The highest BCUT2D eigenvalue weighted by Crippen LogP contribution is 2.22. The van der Waals surface area contributed by atoms with E-state index in [2.05, 4.69) is 42.5 Å². The second-order valence-electron chi connectivity index (χ2n) is 19.1. The summed E-state index contributed by atoms with van der Waals surface area (Å²) in [5.74, 6) is -7.20. The third-order valence-corrected chi connectivity index (χ3v) is 13.6. The number of likely N-dealkylation sites (tertiary alicyclic amines) is 1. The Morgan fingerprint density at radius 1 is 0.620 bits per heavy atom. The van der Waals surface area contributed by atoms with Gasteiger partial charge in [-0.05, 0) is 93.1 Å². The molecule has 0 unspecified atom stereocenters. The molecule has 22 nitrogen and oxygen atoms in total. The topological polar surface area (TPSA) is 337 Å². The minimum absolute atomic E-state index is 0.0181. The van der Waals surface area contributed by atoms with Gasteiger partial charge in [0.15, 0.2) is 0 Å². The van der Waals surface area contributed by atoms with Crippen molar-refractivity contribution in [2.24, 2.45) is 29.4 Å². The van der Waals surface area contributed by atoms with Crippen LogP contribution < -0.4 is 48.3 Å². The summed E-state index contributed by atoms with van der Waals surface area (Å²) in [4.78, 5) is 135. The number of nitrogens with zero attached hydrogens (tertiary/aromatic N) is 1. The number of nitrogens with two attached hydrogens (primary N) is 1. The minimum Gasteiger partial charge on any atom is -0.480 e. The summed E-state index contributed by atoms with van der Waals surface area (Å²) in [7, 11) is 0. The first-order valence-electron chi connectivity index (χ1n) is 24.6. The van der Waals surface area contributed by atoms with E-state index in [9.17, 15) is 58.2 Å². The number of rotatable bonds is 33. The van der Waals surface area contributed by atoms with Crippen LogP contribution in [0.25, 0.3) is 0 Å². The molecule has 24 heteroatoms. The van der Waals surface area contributed by atoms with Gasteiger partial charge in [-0.3, -0.25) is 43.2 Å². The van der Waals surface area contributed by atoms with Crippen LogP contribution in [0.4, 0.5) is 0 Å². The van der Waals surface area contributed by atoms with Crippen LogP contribution in [0, 0.1) is 23.7 Å². The summed E-state index contributed by atoms with van der Waals surface area (Å²) in [6.45, 7) is 15.0. The molecular formula is C47H84N10O12S2. The first kappa shape index (κ1) is 64.3. The first-order valence-corrected chi connectivity index (χ1v) is 27.4. The molecule has 11 atom stereocenters. The van der Waals surface area contributed by atoms with Crippen LogP contribution in [0.2, 0.25) is 0 Å². The van der Waals surface area contributed by atoms with Crippen molar-refractivity contribution in [2.75, 3.05) is 43.7 Å². The van der Waals surface area contributed by atoms with Gasteiger partial charge in [-0.25, -0.2) is 4.79 Å². The molecule has 0 aromatic rings. The molecule has 0 bridgehead atoms. The third kappa shape index (κ3) is 22.3. The molecule has 1 saturated heterocycles. The van der Waals surface area contributed by atoms with Crippen molar-refractivity contribution in [3.8, 4) is 0 Å². The monoisotopic (exact) mass is 1040 g/mol. The normalized spacial score (nSPS) is 17.7. The Morgan fingerprint density at radius 3 is 1.65 bits per heavy atom. The van der Waals surface area contributed by atoms with Gasteiger partial charge in [-0.2, -0.15) is 23.5 Å². The zero-order valence-corrected chi connectivity index (χ0v) is 45.1. The van der Waals surface area contributed by atoms with E-state index in [1.165, 1.54) is 35.3 Å². The van der Waals surface area contributed by atoms with Crippen LogP contribution in [-0.2, 0) is 47.9 Å². The van der Waals surface area contributed by atoms with Gasteiger partial charge in [0.2, 0.25) is 53.2 Å². The van der Waals surface area contributed by atoms with E-state index in [0.29, 0.717) is 37.2 Å². The molecule has 1 aliphatic rings. The highest BCUT2D eigenvalue weighted by atomic mass is 32.2. The third-order valence-electron chi connectivity index (χ3n) is 12.3. The summed E-state index contributed by atoms with van der Waals surface area (Å²) in [5.41, 5.74) is 5.68. The first-order chi connectivity index (χ1) is 33.4. The average Bonchev–Trinajstić information content (AvgIpc) is 3.82. The van der Waals surface area contributed by atoms with Crippen LogP contribution in [0.1, 0.15) is 114 Å². The van der Waals surface area contributed by atoms with E-state index in [0.717, 1.165) is 0 Å². The summed E-state index contributed by atoms with van der Waals surface area (Å²) in [6, 6.07) is -10.0. The lowest BCUT2D eigenvalue weighted by atomic mass is 9.97. The number of aliphatic carboxylic acids is 1. The van der Waals surface area contributed by atoms with Crippen LogP contribution in [0.3, 0.4) is 0 Å². The maximum Gasteiger partial charge on any atom is 0.326 e. The molecule has 1 fully saturated rings. The molecule has 406 valence electrons. The Kier molecular flexibility index (Phi) is 30.0. The van der Waals surface area contributed by atoms with Crippen LogP contribution in [0.5, 0.6) is 0 Å². The molecule has 12 N–H and O–H groups in total. The number of hydrogen-bond acceptors (Lipinski definition) is 14. The number of carboxylic acid groups (broad SMARTS) is 1. The molecule has 9 amide bonds. The molecule has 0 radical (unpaired) electrons. The van der Waals surface area contributed by atoms with E-state index >= 15 is 0 Å². The fourth-order valence-corrected chi connectivity index (χ4v) is 8.57. The molecule has 1 aliphatic heterocycles. The van der Waals surface area contributed by atoms with E-state index in [-0.39, 0.29) is 44.1 Å². The van der Waals surface area contributed by atoms with E-state index < -0.39 is 138 Å². The predicted octanol–water partition coefficient (Wildman–Crippen LogP) is -0.398. The second-order valence-corrected chi connectivity index (χ2v) is 21.1. The van der Waals surface area contributed by atoms with Crippen LogP contribution in [0.15, 0.2) is 0 Å². The predicted molar refractivity (Wildman–Crippen MR) is 273 cm³/mol. The number of aliphatic hydroxyl groups is 1. The lowest BCUT2D eigenvalue weighted by molar-refractivity contribution is -0.143.